The molecule has 0 bridgehead atoms. The van der Waals surface area contributed by atoms with E-state index in [1.165, 1.54) is 0 Å². The van der Waals surface area contributed by atoms with Crippen LogP contribution in [0.3, 0.4) is 0 Å². The number of hydrogen-bond acceptors (Lipinski definition) is 5. The highest BCUT2D eigenvalue weighted by Gasteiger charge is 2.28. The first-order valence-corrected chi connectivity index (χ1v) is 8.69. The van der Waals surface area contributed by atoms with E-state index in [9.17, 15) is 4.79 Å². The van der Waals surface area contributed by atoms with Gasteiger partial charge in [0.15, 0.2) is 0 Å². The third kappa shape index (κ3) is 4.49. The van der Waals surface area contributed by atoms with Crippen molar-refractivity contribution in [3.8, 4) is 0 Å². The summed E-state index contributed by atoms with van der Waals surface area (Å²) in [6.07, 6.45) is 1.64. The molecule has 136 valence electrons. The summed E-state index contributed by atoms with van der Waals surface area (Å²) in [5.74, 6) is 0.757. The highest BCUT2D eigenvalue weighted by atomic mass is 16.5. The minimum absolute atomic E-state index is 0.00293. The van der Waals surface area contributed by atoms with Crippen LogP contribution in [0.25, 0.3) is 0 Å². The summed E-state index contributed by atoms with van der Waals surface area (Å²) in [7, 11) is 0. The molecule has 1 N–H and O–H groups in total. The summed E-state index contributed by atoms with van der Waals surface area (Å²) in [4.78, 5) is 14.6. The molecule has 0 aromatic carbocycles. The third-order valence-corrected chi connectivity index (χ3v) is 4.59. The molecule has 0 spiro atoms. The molecule has 25 heavy (non-hydrogen) atoms. The van der Waals surface area contributed by atoms with E-state index in [1.54, 1.807) is 6.26 Å². The Balaban J connectivity index is 1.53. The van der Waals surface area contributed by atoms with Gasteiger partial charge in [0, 0.05) is 18.8 Å². The summed E-state index contributed by atoms with van der Waals surface area (Å²) < 4.78 is 13.1. The van der Waals surface area contributed by atoms with Gasteiger partial charge in [-0.15, -0.1) is 0 Å². The molecule has 1 aliphatic heterocycles. The minimum Gasteiger partial charge on any atom is -0.467 e. The second-order valence-electron chi connectivity index (χ2n) is 6.57. The van der Waals surface area contributed by atoms with Crippen molar-refractivity contribution in [1.29, 1.82) is 0 Å². The third-order valence-electron chi connectivity index (χ3n) is 4.59. The maximum Gasteiger partial charge on any atom is 0.237 e. The molecule has 0 aliphatic carbocycles. The predicted molar refractivity (Wildman–Crippen MR) is 93.0 cm³/mol. The molecule has 1 saturated heterocycles. The fourth-order valence-corrected chi connectivity index (χ4v) is 3.16. The van der Waals surface area contributed by atoms with E-state index in [4.69, 9.17) is 9.15 Å². The van der Waals surface area contributed by atoms with Gasteiger partial charge < -0.3 is 14.5 Å². The molecule has 1 aliphatic rings. The van der Waals surface area contributed by atoms with E-state index in [2.05, 4.69) is 21.4 Å². The average Bonchev–Trinajstić information content (AvgIpc) is 3.22. The van der Waals surface area contributed by atoms with Crippen LogP contribution < -0.4 is 5.32 Å². The summed E-state index contributed by atoms with van der Waals surface area (Å²) >= 11 is 0. The van der Waals surface area contributed by atoms with Crippen LogP contribution >= 0.6 is 0 Å². The van der Waals surface area contributed by atoms with Crippen molar-refractivity contribution < 1.29 is 13.9 Å². The van der Waals surface area contributed by atoms with Gasteiger partial charge in [-0.05, 0) is 39.0 Å². The number of morpholine rings is 1. The van der Waals surface area contributed by atoms with Gasteiger partial charge in [-0.25, -0.2) is 0 Å². The number of aryl methyl sites for hydroxylation is 2. The molecule has 1 amide bonds. The molecule has 0 radical (unpaired) electrons. The van der Waals surface area contributed by atoms with Gasteiger partial charge in [-0.1, -0.05) is 0 Å². The van der Waals surface area contributed by atoms with Gasteiger partial charge in [0.05, 0.1) is 43.8 Å². The average molecular weight is 346 g/mol. The van der Waals surface area contributed by atoms with Gasteiger partial charge in [-0.3, -0.25) is 14.4 Å². The molecule has 0 unspecified atom stereocenters. The highest BCUT2D eigenvalue weighted by Crippen LogP contribution is 2.13. The van der Waals surface area contributed by atoms with Crippen LogP contribution in [0.1, 0.15) is 24.1 Å². The number of amides is 1. The number of rotatable bonds is 6. The number of carbonyl (C=O) groups excluding carboxylic acids is 1. The van der Waals surface area contributed by atoms with Crippen molar-refractivity contribution in [2.24, 2.45) is 0 Å². The Morgan fingerprint density at radius 3 is 3.00 bits per heavy atom. The molecule has 3 heterocycles. The zero-order chi connectivity index (χ0) is 17.8. The Bertz CT molecular complexity index is 695. The molecular weight excluding hydrogens is 320 g/mol. The predicted octanol–water partition coefficient (Wildman–Crippen LogP) is 1.50. The Kier molecular flexibility index (Phi) is 5.55. The van der Waals surface area contributed by atoms with Crippen molar-refractivity contribution in [2.45, 2.75) is 46.0 Å². The quantitative estimate of drug-likeness (QED) is 0.858. The number of carbonyl (C=O) groups is 1. The number of nitrogens with one attached hydrogen (secondary N) is 1. The van der Waals surface area contributed by atoms with Gasteiger partial charge in [0.2, 0.25) is 5.91 Å². The van der Waals surface area contributed by atoms with Crippen LogP contribution in [-0.2, 0) is 22.6 Å². The zero-order valence-electron chi connectivity index (χ0n) is 15.1. The van der Waals surface area contributed by atoms with Crippen LogP contribution in [0.2, 0.25) is 0 Å². The second kappa shape index (κ2) is 7.84. The molecule has 7 nitrogen and oxygen atoms in total. The number of furan rings is 1. The molecule has 2 atom stereocenters. The largest absolute Gasteiger partial charge is 0.467 e. The van der Waals surface area contributed by atoms with Gasteiger partial charge in [0.1, 0.15) is 5.76 Å². The lowest BCUT2D eigenvalue weighted by Gasteiger charge is -2.36. The van der Waals surface area contributed by atoms with Crippen LogP contribution in [0.15, 0.2) is 28.9 Å². The van der Waals surface area contributed by atoms with E-state index < -0.39 is 0 Å². The Morgan fingerprint density at radius 1 is 1.48 bits per heavy atom. The van der Waals surface area contributed by atoms with Gasteiger partial charge in [-0.2, -0.15) is 5.10 Å². The maximum absolute atomic E-state index is 12.4. The van der Waals surface area contributed by atoms with Crippen LogP contribution in [0.4, 0.5) is 0 Å². The molecule has 2 aromatic rings. The van der Waals surface area contributed by atoms with E-state index in [1.807, 2.05) is 37.6 Å². The number of aromatic nitrogens is 2. The maximum atomic E-state index is 12.4. The van der Waals surface area contributed by atoms with Crippen molar-refractivity contribution in [3.05, 3.63) is 41.6 Å². The van der Waals surface area contributed by atoms with E-state index >= 15 is 0 Å². The summed E-state index contributed by atoms with van der Waals surface area (Å²) in [5.41, 5.74) is 2.14. The molecular formula is C18H26N4O3. The van der Waals surface area contributed by atoms with Crippen molar-refractivity contribution in [1.82, 2.24) is 20.0 Å². The summed E-state index contributed by atoms with van der Waals surface area (Å²) in [5, 5.41) is 7.42. The number of ether oxygens (including phenoxy) is 1. The topological polar surface area (TPSA) is 72.5 Å². The summed E-state index contributed by atoms with van der Waals surface area (Å²) in [6.45, 7) is 9.18. The van der Waals surface area contributed by atoms with Crippen LogP contribution in [0, 0.1) is 13.8 Å². The molecule has 7 heteroatoms. The first-order chi connectivity index (χ1) is 12.0. The molecule has 2 aromatic heterocycles. The lowest BCUT2D eigenvalue weighted by atomic mass is 10.2. The van der Waals surface area contributed by atoms with Crippen molar-refractivity contribution in [2.75, 3.05) is 19.7 Å². The molecule has 3 rings (SSSR count). The number of nitrogens with zero attached hydrogens (tertiary/aromatic N) is 3. The molecule has 0 saturated carbocycles. The lowest BCUT2D eigenvalue weighted by Crippen LogP contribution is -2.53. The van der Waals surface area contributed by atoms with E-state index in [-0.39, 0.29) is 18.1 Å². The summed E-state index contributed by atoms with van der Waals surface area (Å²) in [6, 6.07) is 5.52. The molecule has 1 fully saturated rings. The zero-order valence-corrected chi connectivity index (χ0v) is 15.1. The SMILES string of the molecule is Cc1cc(C)n(C[C@H]2CN([C@@H](C)C(=O)NCc3ccco3)CCO2)n1. The lowest BCUT2D eigenvalue weighted by molar-refractivity contribution is -0.129. The highest BCUT2D eigenvalue weighted by molar-refractivity contribution is 5.81. The van der Waals surface area contributed by atoms with Crippen molar-refractivity contribution >= 4 is 5.91 Å². The fraction of sp³-hybridized carbons (Fsp3) is 0.556. The Hall–Kier alpha value is -2.12. The monoisotopic (exact) mass is 346 g/mol. The minimum atomic E-state index is -0.207. The van der Waals surface area contributed by atoms with Crippen LogP contribution in [-0.4, -0.2) is 52.4 Å². The van der Waals surface area contributed by atoms with E-state index in [0.29, 0.717) is 26.2 Å². The fourth-order valence-electron chi connectivity index (χ4n) is 3.16. The smallest absolute Gasteiger partial charge is 0.237 e. The second-order valence-corrected chi connectivity index (χ2v) is 6.57. The van der Waals surface area contributed by atoms with E-state index in [0.717, 1.165) is 23.7 Å². The standard InChI is InChI=1S/C18H26N4O3/c1-13-9-14(2)22(20-13)12-17-11-21(6-8-25-17)15(3)18(23)19-10-16-5-4-7-24-16/h4-5,7,9,15,17H,6,8,10-12H2,1-3H3,(H,19,23)/t15-,17+/m0/s1. The van der Waals surface area contributed by atoms with Crippen LogP contribution in [0.5, 0.6) is 0 Å². The van der Waals surface area contributed by atoms with Gasteiger partial charge in [0.25, 0.3) is 0 Å². The van der Waals surface area contributed by atoms with Crippen molar-refractivity contribution in [3.63, 3.8) is 0 Å². The first-order valence-electron chi connectivity index (χ1n) is 8.69. The van der Waals surface area contributed by atoms with Gasteiger partial charge >= 0.3 is 0 Å². The Labute approximate surface area is 147 Å². The number of hydrogen-bond donors (Lipinski definition) is 1. The first kappa shape index (κ1) is 17.7. The normalized spacial score (nSPS) is 19.7. The Morgan fingerprint density at radius 2 is 2.32 bits per heavy atom.